The van der Waals surface area contributed by atoms with Crippen molar-refractivity contribution in [2.24, 2.45) is 11.3 Å². The van der Waals surface area contributed by atoms with Gasteiger partial charge in [0.1, 0.15) is 0 Å². The average Bonchev–Trinajstić information content (AvgIpc) is 3.22. The molecule has 0 radical (unpaired) electrons. The number of ether oxygens (including phenoxy) is 1. The maximum absolute atomic E-state index is 13.0. The van der Waals surface area contributed by atoms with Crippen LogP contribution in [0.2, 0.25) is 0 Å². The number of benzene rings is 1. The van der Waals surface area contributed by atoms with Gasteiger partial charge in [0.05, 0.1) is 24.0 Å². The lowest BCUT2D eigenvalue weighted by Gasteiger charge is -2.33. The lowest BCUT2D eigenvalue weighted by atomic mass is 9.74. The zero-order valence-corrected chi connectivity index (χ0v) is 15.9. The number of carbonyl (C=O) groups is 2. The van der Waals surface area contributed by atoms with Crippen LogP contribution >= 0.6 is 0 Å². The van der Waals surface area contributed by atoms with Gasteiger partial charge >= 0.3 is 5.97 Å². The molecule has 0 aromatic heterocycles. The van der Waals surface area contributed by atoms with Crippen LogP contribution in [0.15, 0.2) is 18.2 Å². The van der Waals surface area contributed by atoms with Crippen LogP contribution in [0.1, 0.15) is 22.3 Å². The van der Waals surface area contributed by atoms with Crippen molar-refractivity contribution in [1.82, 2.24) is 4.90 Å². The maximum atomic E-state index is 13.0. The van der Waals surface area contributed by atoms with E-state index >= 15 is 0 Å². The number of carboxylic acid groups (broad SMARTS) is 1. The van der Waals surface area contributed by atoms with E-state index in [-0.39, 0.29) is 18.4 Å². The second kappa shape index (κ2) is 6.20. The van der Waals surface area contributed by atoms with Gasteiger partial charge in [-0.05, 0) is 36.6 Å². The summed E-state index contributed by atoms with van der Waals surface area (Å²) in [4.78, 5) is 26.5. The Morgan fingerprint density at radius 1 is 1.33 bits per heavy atom. The van der Waals surface area contributed by atoms with Crippen molar-refractivity contribution in [3.8, 4) is 0 Å². The quantitative estimate of drug-likeness (QED) is 0.804. The third-order valence-corrected chi connectivity index (χ3v) is 7.18. The fraction of sp³-hybridized carbons (Fsp3) is 0.556. The lowest BCUT2D eigenvalue weighted by molar-refractivity contribution is -0.157. The Bertz CT molecular complexity index is 914. The highest BCUT2D eigenvalue weighted by Gasteiger charge is 2.55. The van der Waals surface area contributed by atoms with E-state index in [9.17, 15) is 23.1 Å². The van der Waals surface area contributed by atoms with Crippen LogP contribution in [0.5, 0.6) is 0 Å². The van der Waals surface area contributed by atoms with Gasteiger partial charge in [0.2, 0.25) is 10.0 Å². The predicted octanol–water partition coefficient (Wildman–Crippen LogP) is 0.572. The maximum Gasteiger partial charge on any atom is 0.311 e. The minimum atomic E-state index is -3.34. The zero-order valence-electron chi connectivity index (χ0n) is 15.1. The number of aliphatic carboxylic acids is 1. The van der Waals surface area contributed by atoms with Crippen LogP contribution in [0.3, 0.4) is 0 Å². The molecule has 3 heterocycles. The van der Waals surface area contributed by atoms with Gasteiger partial charge in [0.15, 0.2) is 0 Å². The number of nitrogens with zero attached hydrogens (tertiary/aromatic N) is 2. The summed E-state index contributed by atoms with van der Waals surface area (Å²) in [5.41, 5.74) is 0.959. The number of hydrogen-bond donors (Lipinski definition) is 1. The van der Waals surface area contributed by atoms with Crippen LogP contribution < -0.4 is 4.31 Å². The van der Waals surface area contributed by atoms with Crippen LogP contribution in [-0.2, 0) is 26.0 Å². The third kappa shape index (κ3) is 2.89. The number of fused-ring (bicyclic) bond motifs is 2. The molecule has 9 heteroatoms. The Morgan fingerprint density at radius 2 is 2.11 bits per heavy atom. The first-order valence-corrected chi connectivity index (χ1v) is 10.8. The molecule has 2 fully saturated rings. The van der Waals surface area contributed by atoms with Crippen molar-refractivity contribution in [1.29, 1.82) is 0 Å². The second-order valence-corrected chi connectivity index (χ2v) is 9.50. The lowest BCUT2D eigenvalue weighted by Crippen LogP contribution is -2.45. The van der Waals surface area contributed by atoms with E-state index < -0.39 is 21.4 Å². The largest absolute Gasteiger partial charge is 0.481 e. The van der Waals surface area contributed by atoms with Crippen LogP contribution in [-0.4, -0.2) is 69.4 Å². The first kappa shape index (κ1) is 18.2. The van der Waals surface area contributed by atoms with E-state index in [0.717, 1.165) is 5.56 Å². The second-order valence-electron chi connectivity index (χ2n) is 7.60. The molecular formula is C18H22N2O6S. The Hall–Kier alpha value is -2.13. The van der Waals surface area contributed by atoms with E-state index in [1.165, 1.54) is 10.6 Å². The van der Waals surface area contributed by atoms with Gasteiger partial charge in [0, 0.05) is 37.7 Å². The number of carboxylic acids is 1. The van der Waals surface area contributed by atoms with Gasteiger partial charge in [-0.15, -0.1) is 0 Å². The fourth-order valence-electron chi connectivity index (χ4n) is 4.49. The molecule has 2 atom stereocenters. The van der Waals surface area contributed by atoms with Crippen molar-refractivity contribution in [2.75, 3.05) is 43.4 Å². The van der Waals surface area contributed by atoms with Gasteiger partial charge < -0.3 is 14.7 Å². The Labute approximate surface area is 157 Å². The van der Waals surface area contributed by atoms with Gasteiger partial charge in [-0.2, -0.15) is 0 Å². The van der Waals surface area contributed by atoms with Crippen LogP contribution in [0, 0.1) is 11.3 Å². The number of rotatable bonds is 3. The third-order valence-electron chi connectivity index (χ3n) is 6.00. The number of carbonyl (C=O) groups excluding carboxylic acids is 1. The highest BCUT2D eigenvalue weighted by atomic mass is 32.2. The van der Waals surface area contributed by atoms with Gasteiger partial charge in [-0.3, -0.25) is 13.9 Å². The molecule has 0 unspecified atom stereocenters. The van der Waals surface area contributed by atoms with E-state index in [1.54, 1.807) is 23.1 Å². The van der Waals surface area contributed by atoms with E-state index in [2.05, 4.69) is 0 Å². The first-order chi connectivity index (χ1) is 12.7. The SMILES string of the molecule is CS(=O)(=O)N1CCc2cc(C(=O)N3C[C@H]4COCC[C@@]4(C(=O)O)C3)ccc21. The number of amides is 1. The van der Waals surface area contributed by atoms with Crippen LogP contribution in [0.25, 0.3) is 0 Å². The fourth-order valence-corrected chi connectivity index (χ4v) is 5.44. The molecule has 1 N–H and O–H groups in total. The van der Waals surface area contributed by atoms with Gasteiger partial charge in [-0.1, -0.05) is 0 Å². The summed E-state index contributed by atoms with van der Waals surface area (Å²) in [5, 5.41) is 9.75. The smallest absolute Gasteiger partial charge is 0.311 e. The Morgan fingerprint density at radius 3 is 2.78 bits per heavy atom. The van der Waals surface area contributed by atoms with Crippen molar-refractivity contribution < 1.29 is 27.9 Å². The van der Waals surface area contributed by atoms with Gasteiger partial charge in [-0.25, -0.2) is 8.42 Å². The predicted molar refractivity (Wildman–Crippen MR) is 97.2 cm³/mol. The van der Waals surface area contributed by atoms with Crippen molar-refractivity contribution in [3.63, 3.8) is 0 Å². The molecule has 0 saturated carbocycles. The normalized spacial score (nSPS) is 27.4. The minimum Gasteiger partial charge on any atom is -0.481 e. The summed E-state index contributed by atoms with van der Waals surface area (Å²) in [6.07, 6.45) is 2.13. The van der Waals surface area contributed by atoms with Gasteiger partial charge in [0.25, 0.3) is 5.91 Å². The molecule has 2 saturated heterocycles. The van der Waals surface area contributed by atoms with Crippen molar-refractivity contribution >= 4 is 27.6 Å². The number of anilines is 1. The monoisotopic (exact) mass is 394 g/mol. The summed E-state index contributed by atoms with van der Waals surface area (Å²) in [6, 6.07) is 5.02. The van der Waals surface area contributed by atoms with E-state index in [1.807, 2.05) is 0 Å². The molecule has 3 aliphatic rings. The van der Waals surface area contributed by atoms with Crippen molar-refractivity contribution in [3.05, 3.63) is 29.3 Å². The zero-order chi connectivity index (χ0) is 19.4. The molecule has 1 amide bonds. The van der Waals surface area contributed by atoms with Crippen molar-refractivity contribution in [2.45, 2.75) is 12.8 Å². The molecule has 0 spiro atoms. The number of sulfonamides is 1. The molecule has 27 heavy (non-hydrogen) atoms. The molecule has 4 rings (SSSR count). The summed E-state index contributed by atoms with van der Waals surface area (Å²) < 4.78 is 30.5. The Balaban J connectivity index is 1.59. The summed E-state index contributed by atoms with van der Waals surface area (Å²) in [7, 11) is -3.34. The summed E-state index contributed by atoms with van der Waals surface area (Å²) in [5.74, 6) is -1.29. The van der Waals surface area contributed by atoms with E-state index in [4.69, 9.17) is 4.74 Å². The molecule has 8 nitrogen and oxygen atoms in total. The first-order valence-electron chi connectivity index (χ1n) is 8.93. The average molecular weight is 394 g/mol. The minimum absolute atomic E-state index is 0.182. The van der Waals surface area contributed by atoms with Crippen LogP contribution in [0.4, 0.5) is 5.69 Å². The molecule has 1 aromatic carbocycles. The molecule has 3 aliphatic heterocycles. The highest BCUT2D eigenvalue weighted by Crippen LogP contribution is 2.43. The standard InChI is InChI=1S/C18H22N2O6S/c1-27(24,25)20-6-4-12-8-13(2-3-15(12)20)16(21)19-9-14-10-26-7-5-18(14,11-19)17(22)23/h2-3,8,14H,4-7,9-11H2,1H3,(H,22,23)/t14-,18+/m0/s1. The molecule has 1 aromatic rings. The molecule has 0 bridgehead atoms. The Kier molecular flexibility index (Phi) is 4.19. The topological polar surface area (TPSA) is 104 Å². The number of likely N-dealkylation sites (tertiary alicyclic amines) is 1. The molecule has 0 aliphatic carbocycles. The summed E-state index contributed by atoms with van der Waals surface area (Å²) >= 11 is 0. The number of hydrogen-bond acceptors (Lipinski definition) is 5. The molecule has 146 valence electrons. The van der Waals surface area contributed by atoms with E-state index in [0.29, 0.717) is 50.4 Å². The molecular weight excluding hydrogens is 372 g/mol. The highest BCUT2D eigenvalue weighted by molar-refractivity contribution is 7.92. The summed E-state index contributed by atoms with van der Waals surface area (Å²) in [6.45, 7) is 1.66.